The minimum atomic E-state index is -0.498. The van der Waals surface area contributed by atoms with Gasteiger partial charge in [-0.1, -0.05) is 354 Å². The number of nitrogens with zero attached hydrogens (tertiary/aromatic N) is 12. The van der Waals surface area contributed by atoms with E-state index >= 15 is 0 Å². The molecule has 1 N–H and O–H groups in total. The molecule has 0 bridgehead atoms. The molecule has 0 fully saturated rings. The minimum absolute atomic E-state index is 0.00462. The van der Waals surface area contributed by atoms with Crippen molar-refractivity contribution in [3.05, 3.63) is 512 Å². The summed E-state index contributed by atoms with van der Waals surface area (Å²) < 4.78 is 25.4. The highest BCUT2D eigenvalue weighted by Crippen LogP contribution is 2.39. The van der Waals surface area contributed by atoms with Gasteiger partial charge in [-0.05, 0) is 95.5 Å². The van der Waals surface area contributed by atoms with Crippen molar-refractivity contribution in [1.29, 1.82) is 0 Å². The van der Waals surface area contributed by atoms with Crippen molar-refractivity contribution in [2.75, 3.05) is 74.9 Å². The van der Waals surface area contributed by atoms with Gasteiger partial charge in [0.2, 0.25) is 21.7 Å². The van der Waals surface area contributed by atoms with E-state index in [1.807, 2.05) is 280 Å². The molecule has 0 radical (unpaired) electrons. The van der Waals surface area contributed by atoms with Crippen LogP contribution in [-0.2, 0) is 19.8 Å². The zero-order chi connectivity index (χ0) is 95.2. The molecule has 0 saturated heterocycles. The first-order chi connectivity index (χ1) is 66.0. The second-order valence-electron chi connectivity index (χ2n) is 33.9. The zero-order valence-electron chi connectivity index (χ0n) is 76.4. The Bertz CT molecular complexity index is 6860. The van der Waals surface area contributed by atoms with Gasteiger partial charge in [0.1, 0.15) is 46.5 Å². The van der Waals surface area contributed by atoms with Crippen molar-refractivity contribution in [2.45, 2.75) is 70.7 Å². The Morgan fingerprint density at radius 1 is 0.324 bits per heavy atom. The number of pyridine rings is 4. The summed E-state index contributed by atoms with van der Waals surface area (Å²) in [4.78, 5) is 112. The van der Waals surface area contributed by atoms with Crippen LogP contribution in [0.3, 0.4) is 0 Å². The smallest absolute Gasteiger partial charge is 0.277 e. The zero-order valence-corrected chi connectivity index (χ0v) is 78.0. The van der Waals surface area contributed by atoms with Crippen LogP contribution in [0.4, 0.5) is 0 Å². The second kappa shape index (κ2) is 42.1. The van der Waals surface area contributed by atoms with Crippen LogP contribution < -0.4 is 56.0 Å². The molecule has 8 heterocycles. The summed E-state index contributed by atoms with van der Waals surface area (Å²) in [5, 5.41) is 18.9. The van der Waals surface area contributed by atoms with Gasteiger partial charge in [0.15, 0.2) is 45.8 Å². The highest BCUT2D eigenvalue weighted by Gasteiger charge is 2.42. The van der Waals surface area contributed by atoms with Gasteiger partial charge in [-0.3, -0.25) is 77.1 Å². The van der Waals surface area contributed by atoms with Gasteiger partial charge in [-0.15, -0.1) is 0 Å². The molecule has 25 heteroatoms. The first kappa shape index (κ1) is 93.0. The molecule has 15 aromatic rings. The molecular formula is C111H103BrN12O12. The largest absolute Gasteiger partial charge is 0.502 e. The Hall–Kier alpha value is -16.3. The quantitative estimate of drug-likeness (QED) is 0.0627. The number of hydrogen-bond acceptors (Lipinski definition) is 16. The maximum atomic E-state index is 13.6. The number of aromatic nitrogens is 4. The fourth-order valence-electron chi connectivity index (χ4n) is 17.3. The van der Waals surface area contributed by atoms with Crippen molar-refractivity contribution >= 4 is 45.1 Å². The lowest BCUT2D eigenvalue weighted by atomic mass is 9.97. The van der Waals surface area contributed by atoms with Crippen molar-refractivity contribution in [3.63, 3.8) is 0 Å². The number of carbonyl (C=O) groups is 4. The van der Waals surface area contributed by atoms with Gasteiger partial charge in [-0.2, -0.15) is 0 Å². The van der Waals surface area contributed by atoms with E-state index in [9.17, 15) is 43.5 Å². The Morgan fingerprint density at radius 3 is 0.868 bits per heavy atom. The van der Waals surface area contributed by atoms with Crippen LogP contribution >= 0.6 is 15.9 Å². The van der Waals surface area contributed by atoms with Gasteiger partial charge in [-0.25, -0.2) is 0 Å². The third kappa shape index (κ3) is 19.9. The van der Waals surface area contributed by atoms with Crippen LogP contribution in [0.15, 0.2) is 395 Å². The van der Waals surface area contributed by atoms with E-state index in [4.69, 9.17) is 14.2 Å². The molecule has 19 rings (SSSR count). The van der Waals surface area contributed by atoms with Gasteiger partial charge in [0.05, 0.1) is 28.6 Å². The molecular weight excluding hydrogens is 1770 g/mol. The highest BCUT2D eigenvalue weighted by atomic mass is 79.9. The lowest BCUT2D eigenvalue weighted by Gasteiger charge is -2.43. The van der Waals surface area contributed by atoms with Crippen LogP contribution in [0.25, 0.3) is 5.57 Å². The average Bonchev–Trinajstić information content (AvgIpc) is 0.742. The molecule has 0 aliphatic carbocycles. The third-order valence-electron chi connectivity index (χ3n) is 24.1. The van der Waals surface area contributed by atoms with Crippen molar-refractivity contribution < 1.29 is 38.5 Å². The summed E-state index contributed by atoms with van der Waals surface area (Å²) in [5.74, 6) is -1.64. The van der Waals surface area contributed by atoms with E-state index in [-0.39, 0.29) is 130 Å². The molecule has 4 aliphatic rings. The van der Waals surface area contributed by atoms with Gasteiger partial charge < -0.3 is 38.9 Å². The van der Waals surface area contributed by atoms with E-state index in [0.29, 0.717) is 47.8 Å². The Balaban J connectivity index is 0.000000132. The molecule has 0 saturated carbocycles. The molecule has 4 amide bonds. The van der Waals surface area contributed by atoms with E-state index in [1.54, 1.807) is 93.3 Å². The molecule has 0 atom stereocenters. The Labute approximate surface area is 797 Å². The number of allylic oxidation sites excluding steroid dienone is 1. The minimum Gasteiger partial charge on any atom is -0.502 e. The fourth-order valence-corrected chi connectivity index (χ4v) is 17.7. The number of amides is 4. The summed E-state index contributed by atoms with van der Waals surface area (Å²) in [6, 6.07) is 110. The number of fused-ring (bicyclic) bond motifs is 4. The van der Waals surface area contributed by atoms with E-state index in [0.717, 1.165) is 61.2 Å². The number of benzene rings is 11. The monoisotopic (exact) mass is 1870 g/mol. The number of halogens is 1. The molecule has 136 heavy (non-hydrogen) atoms. The molecule has 24 nitrogen and oxygen atoms in total. The molecule has 0 spiro atoms. The number of ether oxygens (including phenoxy) is 3. The van der Waals surface area contributed by atoms with Crippen LogP contribution in [0, 0.1) is 0 Å². The molecule has 4 aromatic heterocycles. The lowest BCUT2D eigenvalue weighted by molar-refractivity contribution is 0.0716. The molecule has 686 valence electrons. The standard InChI is InChI=1S/C31H29N3O3.C28H24BrN3O3.C28H25N3O3.C24H25N3O3/c1-22(2)26-19-33-28(30(29(26)35)37-20-23-13-7-4-8-14-23)31(36)32(3)21-34(33)27(24-15-9-5-10-16-24)25-17-11-6-12-18-25;1-30-19-32(24(21-13-7-3-8-14-21)22-15-9-4-10-16-22)31-17-23(29)26(33)27(25(31)28(30)34)35-18-20-11-5-2-6-12-20;1-29-20-31(25(22-13-7-3-8-14-22)23-15-9-4-10-16-23)30-18-17-24(32)27(26(30)28(29)33)34-19-21-11-5-2-6-12-21;1-16(2)19-14-26-21(23(29)22(19)28)24(30)25(3)15-27(26)20(17-10-6-4-7-11-17)18-12-8-5-9-13-18/h4-19,27H,1,20-21H2,2-3H3;2-17,24H,18-19H2,1H3;2-18,25H,19-20H2,1H3;4-14,16,20,29H,15H2,1-3H3. The van der Waals surface area contributed by atoms with Crippen LogP contribution in [0.5, 0.6) is 23.0 Å². The third-order valence-corrected chi connectivity index (χ3v) is 24.6. The SMILES string of the molecule is C=C(C)c1cn2c(c(OCc3ccccc3)c1=O)C(=O)N(C)CN2C(c1ccccc1)c1ccccc1.CC(C)c1cn2c(c(O)c1=O)C(=O)N(C)CN2C(c1ccccc1)c1ccccc1.CN1CN(C(c2ccccc2)c2ccccc2)n2cc(Br)c(=O)c(OCc3ccccc3)c2C1=O.CN1CN(C(c2ccccc2)c2ccccc2)n2ccc(=O)c(OCc3ccccc3)c2C1=O. The van der Waals surface area contributed by atoms with E-state index in [2.05, 4.69) is 110 Å². The summed E-state index contributed by atoms with van der Waals surface area (Å²) in [6.07, 6.45) is 6.75. The van der Waals surface area contributed by atoms with Crippen LogP contribution in [0.2, 0.25) is 0 Å². The summed E-state index contributed by atoms with van der Waals surface area (Å²) >= 11 is 3.41. The summed E-state index contributed by atoms with van der Waals surface area (Å²) in [7, 11) is 6.89. The predicted molar refractivity (Wildman–Crippen MR) is 533 cm³/mol. The van der Waals surface area contributed by atoms with Gasteiger partial charge >= 0.3 is 0 Å². The fraction of sp³-hybridized carbons (Fsp3) is 0.171. The maximum Gasteiger partial charge on any atom is 0.277 e. The number of carbonyl (C=O) groups excluding carboxylic acids is 4. The van der Waals surface area contributed by atoms with E-state index in [1.165, 1.54) is 11.0 Å². The Morgan fingerprint density at radius 2 is 0.574 bits per heavy atom. The van der Waals surface area contributed by atoms with Crippen LogP contribution in [-0.4, -0.2) is 122 Å². The normalized spacial score (nSPS) is 13.3. The van der Waals surface area contributed by atoms with Gasteiger partial charge in [0, 0.05) is 70.2 Å². The Kier molecular flexibility index (Phi) is 28.8. The maximum absolute atomic E-state index is 13.6. The highest BCUT2D eigenvalue weighted by molar-refractivity contribution is 9.10. The predicted octanol–water partition coefficient (Wildman–Crippen LogP) is 17.8. The van der Waals surface area contributed by atoms with Crippen molar-refractivity contribution in [2.24, 2.45) is 0 Å². The topological polar surface area (TPSA) is 230 Å². The van der Waals surface area contributed by atoms with E-state index < -0.39 is 11.2 Å². The van der Waals surface area contributed by atoms with Crippen molar-refractivity contribution in [3.8, 4) is 23.0 Å². The van der Waals surface area contributed by atoms with Gasteiger partial charge in [0.25, 0.3) is 23.6 Å². The number of hydrogen-bond donors (Lipinski definition) is 1. The first-order valence-corrected chi connectivity index (χ1v) is 45.5. The molecule has 4 aliphatic heterocycles. The van der Waals surface area contributed by atoms with Crippen LogP contribution in [0.1, 0.15) is 165 Å². The van der Waals surface area contributed by atoms with Crippen molar-refractivity contribution in [1.82, 2.24) is 38.3 Å². The second-order valence-corrected chi connectivity index (χ2v) is 34.7. The molecule has 11 aromatic carbocycles. The lowest BCUT2D eigenvalue weighted by Crippen LogP contribution is -2.54. The average molecular weight is 1880 g/mol. The summed E-state index contributed by atoms with van der Waals surface area (Å²) in [5.41, 5.74) is 11.8. The summed E-state index contributed by atoms with van der Waals surface area (Å²) in [6.45, 7) is 11.5. The number of aromatic hydroxyl groups is 1. The first-order valence-electron chi connectivity index (χ1n) is 44.7. The number of rotatable bonds is 23. The molecule has 0 unspecified atom stereocenters.